The van der Waals surface area contributed by atoms with E-state index in [1.54, 1.807) is 0 Å². The standard InChI is InChI=1S/C13H20BrNO3S/c1-2-8-15-13(10-6-7-12(14)18-10)11-5-3-4-9-19(11,16)17/h6-7,11,13,15H,2-5,8-9H2,1H3. The average Bonchev–Trinajstić information content (AvgIpc) is 2.78. The monoisotopic (exact) mass is 349 g/mol. The average molecular weight is 350 g/mol. The lowest BCUT2D eigenvalue weighted by molar-refractivity contribution is 0.370. The largest absolute Gasteiger partial charge is 0.453 e. The summed E-state index contributed by atoms with van der Waals surface area (Å²) in [7, 11) is -3.03. The summed E-state index contributed by atoms with van der Waals surface area (Å²) in [6, 6.07) is 3.42. The van der Waals surface area contributed by atoms with Gasteiger partial charge in [0, 0.05) is 0 Å². The van der Waals surface area contributed by atoms with E-state index in [4.69, 9.17) is 4.42 Å². The topological polar surface area (TPSA) is 59.3 Å². The lowest BCUT2D eigenvalue weighted by Gasteiger charge is -2.29. The summed E-state index contributed by atoms with van der Waals surface area (Å²) in [4.78, 5) is 0. The van der Waals surface area contributed by atoms with Gasteiger partial charge in [-0.2, -0.15) is 0 Å². The quantitative estimate of drug-likeness (QED) is 0.887. The Morgan fingerprint density at radius 3 is 2.84 bits per heavy atom. The summed E-state index contributed by atoms with van der Waals surface area (Å²) in [5, 5.41) is 2.96. The predicted molar refractivity (Wildman–Crippen MR) is 78.9 cm³/mol. The van der Waals surface area contributed by atoms with Crippen LogP contribution in [-0.4, -0.2) is 26.0 Å². The summed E-state index contributed by atoms with van der Waals surface area (Å²) in [6.45, 7) is 2.85. The van der Waals surface area contributed by atoms with Crippen molar-refractivity contribution in [3.8, 4) is 0 Å². The molecular weight excluding hydrogens is 330 g/mol. The molecule has 0 spiro atoms. The van der Waals surface area contributed by atoms with Gasteiger partial charge in [0.2, 0.25) is 0 Å². The number of hydrogen-bond acceptors (Lipinski definition) is 4. The minimum atomic E-state index is -3.03. The van der Waals surface area contributed by atoms with Crippen LogP contribution < -0.4 is 5.32 Å². The zero-order valence-corrected chi connectivity index (χ0v) is 13.5. The van der Waals surface area contributed by atoms with Crippen molar-refractivity contribution in [2.45, 2.75) is 43.9 Å². The Morgan fingerprint density at radius 1 is 1.47 bits per heavy atom. The molecule has 0 bridgehead atoms. The summed E-state index contributed by atoms with van der Waals surface area (Å²) < 4.78 is 30.8. The van der Waals surface area contributed by atoms with Crippen LogP contribution in [0.4, 0.5) is 0 Å². The van der Waals surface area contributed by atoms with Crippen LogP contribution in [0.3, 0.4) is 0 Å². The van der Waals surface area contributed by atoms with E-state index in [0.717, 1.165) is 25.8 Å². The van der Waals surface area contributed by atoms with Gasteiger partial charge in [0.15, 0.2) is 14.5 Å². The molecule has 0 radical (unpaired) electrons. The van der Waals surface area contributed by atoms with E-state index in [2.05, 4.69) is 28.2 Å². The van der Waals surface area contributed by atoms with E-state index in [1.165, 1.54) is 0 Å². The van der Waals surface area contributed by atoms with Crippen LogP contribution in [0, 0.1) is 0 Å². The fraction of sp³-hybridized carbons (Fsp3) is 0.692. The minimum absolute atomic E-state index is 0.239. The van der Waals surface area contributed by atoms with Crippen molar-refractivity contribution in [1.29, 1.82) is 0 Å². The smallest absolute Gasteiger partial charge is 0.169 e. The number of sulfone groups is 1. The maximum absolute atomic E-state index is 12.3. The van der Waals surface area contributed by atoms with Crippen LogP contribution in [0.2, 0.25) is 0 Å². The highest BCUT2D eigenvalue weighted by atomic mass is 79.9. The molecule has 19 heavy (non-hydrogen) atoms. The van der Waals surface area contributed by atoms with E-state index in [-0.39, 0.29) is 11.3 Å². The molecule has 2 unspecified atom stereocenters. The van der Waals surface area contributed by atoms with Crippen LogP contribution in [0.25, 0.3) is 0 Å². The highest BCUT2D eigenvalue weighted by Crippen LogP contribution is 2.32. The molecule has 108 valence electrons. The molecule has 1 aromatic heterocycles. The molecule has 0 aromatic carbocycles. The SMILES string of the molecule is CCCNC(c1ccc(Br)o1)C1CCCCS1(=O)=O. The molecule has 1 N–H and O–H groups in total. The van der Waals surface area contributed by atoms with E-state index >= 15 is 0 Å². The Balaban J connectivity index is 2.26. The van der Waals surface area contributed by atoms with E-state index in [0.29, 0.717) is 22.6 Å². The zero-order valence-electron chi connectivity index (χ0n) is 11.1. The van der Waals surface area contributed by atoms with Gasteiger partial charge in [0.05, 0.1) is 17.0 Å². The lowest BCUT2D eigenvalue weighted by Crippen LogP contribution is -2.40. The summed E-state index contributed by atoms with van der Waals surface area (Å²) in [5.41, 5.74) is 0. The molecule has 1 saturated heterocycles. The second-order valence-corrected chi connectivity index (χ2v) is 8.10. The highest BCUT2D eigenvalue weighted by molar-refractivity contribution is 9.10. The van der Waals surface area contributed by atoms with Gasteiger partial charge in [0.1, 0.15) is 5.76 Å². The summed E-state index contributed by atoms with van der Waals surface area (Å²) in [5.74, 6) is 1.000. The number of halogens is 1. The Labute approximate surface area is 123 Å². The third-order valence-corrected chi connectivity index (χ3v) is 6.23. The predicted octanol–water partition coefficient (Wildman–Crippen LogP) is 3.05. The van der Waals surface area contributed by atoms with Crippen molar-refractivity contribution in [2.24, 2.45) is 0 Å². The molecule has 1 aliphatic heterocycles. The fourth-order valence-electron chi connectivity index (χ4n) is 2.56. The molecular formula is C13H20BrNO3S. The molecule has 1 fully saturated rings. The van der Waals surface area contributed by atoms with Gasteiger partial charge in [-0.15, -0.1) is 0 Å². The molecule has 2 atom stereocenters. The third kappa shape index (κ3) is 3.61. The van der Waals surface area contributed by atoms with Gasteiger partial charge < -0.3 is 9.73 Å². The van der Waals surface area contributed by atoms with Crippen LogP contribution in [0.5, 0.6) is 0 Å². The van der Waals surface area contributed by atoms with Crippen molar-refractivity contribution < 1.29 is 12.8 Å². The van der Waals surface area contributed by atoms with E-state index < -0.39 is 9.84 Å². The van der Waals surface area contributed by atoms with Gasteiger partial charge >= 0.3 is 0 Å². The Hall–Kier alpha value is -0.330. The van der Waals surface area contributed by atoms with Crippen molar-refractivity contribution in [3.63, 3.8) is 0 Å². The van der Waals surface area contributed by atoms with Crippen LogP contribution in [0.15, 0.2) is 21.2 Å². The first-order chi connectivity index (χ1) is 9.04. The lowest BCUT2D eigenvalue weighted by atomic mass is 10.0. The molecule has 0 amide bonds. The van der Waals surface area contributed by atoms with Crippen LogP contribution in [0.1, 0.15) is 44.4 Å². The van der Waals surface area contributed by atoms with Gasteiger partial charge in [-0.3, -0.25) is 0 Å². The van der Waals surface area contributed by atoms with Gasteiger partial charge in [-0.05, 0) is 53.9 Å². The van der Waals surface area contributed by atoms with Crippen molar-refractivity contribution in [3.05, 3.63) is 22.6 Å². The summed E-state index contributed by atoms with van der Waals surface area (Å²) >= 11 is 3.28. The number of rotatable bonds is 5. The first-order valence-electron chi connectivity index (χ1n) is 6.75. The Morgan fingerprint density at radius 2 is 2.26 bits per heavy atom. The maximum Gasteiger partial charge on any atom is 0.169 e. The maximum atomic E-state index is 12.3. The second kappa shape index (κ2) is 6.41. The Bertz CT molecular complexity index is 512. The number of hydrogen-bond donors (Lipinski definition) is 1. The molecule has 2 heterocycles. The first kappa shape index (κ1) is 15.1. The fourth-order valence-corrected chi connectivity index (χ4v) is 4.96. The van der Waals surface area contributed by atoms with Crippen LogP contribution >= 0.6 is 15.9 Å². The van der Waals surface area contributed by atoms with Crippen molar-refractivity contribution in [2.75, 3.05) is 12.3 Å². The van der Waals surface area contributed by atoms with Gasteiger partial charge in [0.25, 0.3) is 0 Å². The second-order valence-electron chi connectivity index (χ2n) is 4.97. The number of furan rings is 1. The van der Waals surface area contributed by atoms with E-state index in [9.17, 15) is 8.42 Å². The van der Waals surface area contributed by atoms with E-state index in [1.807, 2.05) is 12.1 Å². The molecule has 2 rings (SSSR count). The third-order valence-electron chi connectivity index (χ3n) is 3.52. The van der Waals surface area contributed by atoms with Crippen molar-refractivity contribution in [1.82, 2.24) is 5.32 Å². The molecule has 1 aromatic rings. The molecule has 1 aliphatic rings. The molecule has 4 nitrogen and oxygen atoms in total. The Kier molecular flexibility index (Phi) is 5.09. The minimum Gasteiger partial charge on any atom is -0.453 e. The first-order valence-corrected chi connectivity index (χ1v) is 9.25. The normalized spacial score (nSPS) is 24.2. The summed E-state index contributed by atoms with van der Waals surface area (Å²) in [6.07, 6.45) is 3.42. The zero-order chi connectivity index (χ0) is 13.9. The molecule has 6 heteroatoms. The van der Waals surface area contributed by atoms with Gasteiger partial charge in [-0.1, -0.05) is 13.3 Å². The molecule has 0 saturated carbocycles. The molecule has 0 aliphatic carbocycles. The number of nitrogens with one attached hydrogen (secondary N) is 1. The van der Waals surface area contributed by atoms with Crippen LogP contribution in [-0.2, 0) is 9.84 Å². The van der Waals surface area contributed by atoms with Crippen molar-refractivity contribution >= 4 is 25.8 Å². The van der Waals surface area contributed by atoms with Gasteiger partial charge in [-0.25, -0.2) is 8.42 Å². The highest BCUT2D eigenvalue weighted by Gasteiger charge is 2.37.